The van der Waals surface area contributed by atoms with Crippen molar-refractivity contribution in [3.8, 4) is 0 Å². The fraction of sp³-hybridized carbons (Fsp3) is 0.933. The minimum atomic E-state index is -1.75. The first-order valence-corrected chi connectivity index (χ1v) is 18.6. The van der Waals surface area contributed by atoms with Gasteiger partial charge < -0.3 is 18.1 Å². The number of nitrogens with zero attached hydrogens (tertiary/aromatic N) is 1. The molecule has 0 aliphatic carbocycles. The Balaban J connectivity index is 5.23. The maximum atomic E-state index is 6.36. The monoisotopic (exact) mass is 379 g/mol. The Hall–Kier alpha value is 0.000649. The maximum absolute atomic E-state index is 6.36. The van der Waals surface area contributed by atoms with Gasteiger partial charge in [-0.1, -0.05) is 5.16 Å². The van der Waals surface area contributed by atoms with E-state index in [9.17, 15) is 0 Å². The Labute approximate surface area is 146 Å². The zero-order valence-electron chi connectivity index (χ0n) is 16.7. The largest absolute Gasteiger partial charge is 0.415 e. The zero-order valence-corrected chi connectivity index (χ0v) is 19.7. The summed E-state index contributed by atoms with van der Waals surface area (Å²) in [4.78, 5) is 5.13. The molecule has 5 nitrogen and oxygen atoms in total. The molecule has 2 unspecified atom stereocenters. The van der Waals surface area contributed by atoms with E-state index in [4.69, 9.17) is 18.1 Å². The molecule has 0 fully saturated rings. The molecule has 0 aliphatic rings. The quantitative estimate of drug-likeness (QED) is 0.305. The van der Waals surface area contributed by atoms with Gasteiger partial charge in [-0.3, -0.25) is 0 Å². The molecule has 0 spiro atoms. The molecule has 0 amide bonds. The average Bonchev–Trinajstić information content (AvgIpc) is 2.29. The van der Waals surface area contributed by atoms with E-state index in [1.54, 1.807) is 6.21 Å². The Morgan fingerprint density at radius 2 is 1.35 bits per heavy atom. The summed E-state index contributed by atoms with van der Waals surface area (Å²) < 4.78 is 18.8. The summed E-state index contributed by atoms with van der Waals surface area (Å²) in [5.41, 5.74) is 0. The second-order valence-corrected chi connectivity index (χ2v) is 22.0. The Kier molecular flexibility index (Phi) is 9.48. The summed E-state index contributed by atoms with van der Waals surface area (Å²) in [6.45, 7) is 22.6. The van der Waals surface area contributed by atoms with Gasteiger partial charge in [0.2, 0.25) is 0 Å². The van der Waals surface area contributed by atoms with Crippen LogP contribution in [0.25, 0.3) is 0 Å². The number of hydrogen-bond donors (Lipinski definition) is 0. The van der Waals surface area contributed by atoms with E-state index in [0.717, 1.165) is 0 Å². The van der Waals surface area contributed by atoms with Gasteiger partial charge in [0.05, 0.1) is 18.9 Å². The maximum Gasteiger partial charge on any atom is 0.184 e. The third-order valence-corrected chi connectivity index (χ3v) is 5.47. The van der Waals surface area contributed by atoms with E-state index in [1.165, 1.54) is 0 Å². The van der Waals surface area contributed by atoms with Gasteiger partial charge in [0, 0.05) is 0 Å². The second-order valence-electron chi connectivity index (χ2n) is 8.56. The molecule has 0 heterocycles. The molecule has 0 aromatic heterocycles. The van der Waals surface area contributed by atoms with Crippen LogP contribution in [0.2, 0.25) is 58.9 Å². The van der Waals surface area contributed by atoms with Crippen LogP contribution in [0.15, 0.2) is 5.16 Å². The molecule has 0 aliphatic heterocycles. The predicted molar refractivity (Wildman–Crippen MR) is 106 cm³/mol. The summed E-state index contributed by atoms with van der Waals surface area (Å²) >= 11 is 0. The highest BCUT2D eigenvalue weighted by atomic mass is 28.4. The van der Waals surface area contributed by atoms with Crippen LogP contribution in [-0.4, -0.2) is 56.6 Å². The van der Waals surface area contributed by atoms with E-state index in [2.05, 4.69) is 64.1 Å². The molecule has 0 N–H and O–H groups in total. The average molecular weight is 380 g/mol. The highest BCUT2D eigenvalue weighted by Gasteiger charge is 2.33. The lowest BCUT2D eigenvalue weighted by Crippen LogP contribution is -2.48. The third-order valence-electron chi connectivity index (χ3n) is 2.45. The molecule has 0 rings (SSSR count). The van der Waals surface area contributed by atoms with Crippen molar-refractivity contribution in [2.24, 2.45) is 5.16 Å². The van der Waals surface area contributed by atoms with Gasteiger partial charge in [0.25, 0.3) is 0 Å². The first-order chi connectivity index (χ1) is 10.2. The first-order valence-electron chi connectivity index (χ1n) is 8.38. The summed E-state index contributed by atoms with van der Waals surface area (Å²) in [6.07, 6.45) is 1.35. The van der Waals surface area contributed by atoms with Gasteiger partial charge in [-0.05, 0) is 65.8 Å². The van der Waals surface area contributed by atoms with Crippen molar-refractivity contribution >= 4 is 31.2 Å². The van der Waals surface area contributed by atoms with Crippen molar-refractivity contribution in [2.75, 3.05) is 13.2 Å². The molecule has 0 bridgehead atoms. The lowest BCUT2D eigenvalue weighted by molar-refractivity contribution is 0.0437. The van der Waals surface area contributed by atoms with Crippen LogP contribution in [0.4, 0.5) is 0 Å². The Morgan fingerprint density at radius 3 is 1.74 bits per heavy atom. The molecular weight excluding hydrogens is 342 g/mol. The summed E-state index contributed by atoms with van der Waals surface area (Å²) in [7, 11) is -5.11. The Bertz CT molecular complexity index is 359. The minimum Gasteiger partial charge on any atom is -0.415 e. The fourth-order valence-electron chi connectivity index (χ4n) is 1.77. The van der Waals surface area contributed by atoms with E-state index in [1.807, 2.05) is 6.92 Å². The lowest BCUT2D eigenvalue weighted by atomic mass is 10.2. The van der Waals surface area contributed by atoms with E-state index >= 15 is 0 Å². The summed E-state index contributed by atoms with van der Waals surface area (Å²) in [5, 5.41) is 4.03. The Morgan fingerprint density at radius 1 is 0.826 bits per heavy atom. The zero-order chi connectivity index (χ0) is 18.3. The highest BCUT2D eigenvalue weighted by Crippen LogP contribution is 2.18. The van der Waals surface area contributed by atoms with Gasteiger partial charge in [-0.15, -0.1) is 0 Å². The van der Waals surface area contributed by atoms with E-state index in [0.29, 0.717) is 13.2 Å². The molecule has 23 heavy (non-hydrogen) atoms. The number of rotatable bonds is 11. The molecule has 0 radical (unpaired) electrons. The predicted octanol–water partition coefficient (Wildman–Crippen LogP) is 4.30. The van der Waals surface area contributed by atoms with Crippen LogP contribution in [-0.2, 0) is 18.1 Å². The van der Waals surface area contributed by atoms with Crippen LogP contribution in [0, 0.1) is 0 Å². The van der Waals surface area contributed by atoms with Crippen molar-refractivity contribution in [2.45, 2.75) is 78.1 Å². The molecule has 0 saturated carbocycles. The minimum absolute atomic E-state index is 0.149. The van der Waals surface area contributed by atoms with Crippen molar-refractivity contribution in [1.82, 2.24) is 0 Å². The van der Waals surface area contributed by atoms with Gasteiger partial charge in [-0.2, -0.15) is 0 Å². The van der Waals surface area contributed by atoms with E-state index < -0.39 is 25.0 Å². The summed E-state index contributed by atoms with van der Waals surface area (Å²) in [6, 6.07) is 0. The smallest absolute Gasteiger partial charge is 0.184 e. The van der Waals surface area contributed by atoms with Gasteiger partial charge >= 0.3 is 0 Å². The molecular formula is C15H37NO4Si3. The van der Waals surface area contributed by atoms with Gasteiger partial charge in [0.15, 0.2) is 25.0 Å². The van der Waals surface area contributed by atoms with Crippen molar-refractivity contribution < 1.29 is 18.1 Å². The van der Waals surface area contributed by atoms with Crippen LogP contribution in [0.5, 0.6) is 0 Å². The van der Waals surface area contributed by atoms with Crippen LogP contribution in [0.3, 0.4) is 0 Å². The second kappa shape index (κ2) is 9.48. The van der Waals surface area contributed by atoms with Crippen LogP contribution in [0.1, 0.15) is 6.92 Å². The number of hydrogen-bond acceptors (Lipinski definition) is 5. The van der Waals surface area contributed by atoms with Crippen molar-refractivity contribution in [1.29, 1.82) is 0 Å². The fourth-order valence-corrected chi connectivity index (χ4v) is 4.57. The molecule has 0 aromatic carbocycles. The SMILES string of the molecule is CCO/N=C/C(O[Si](C)(C)C)C(CO[Si](C)(C)C)O[Si](C)(C)C. The van der Waals surface area contributed by atoms with Gasteiger partial charge in [0.1, 0.15) is 12.7 Å². The molecule has 0 saturated heterocycles. The third kappa shape index (κ3) is 14.1. The lowest BCUT2D eigenvalue weighted by Gasteiger charge is -2.35. The topological polar surface area (TPSA) is 49.3 Å². The van der Waals surface area contributed by atoms with Crippen molar-refractivity contribution in [3.63, 3.8) is 0 Å². The summed E-state index contributed by atoms with van der Waals surface area (Å²) in [5.74, 6) is 0. The standard InChI is InChI=1S/C15H37NO4Si3/c1-11-17-16-12-14(19-22(5,6)7)15(20-23(8,9)10)13-18-21(2,3)4/h12,14-15H,11,13H2,1-10H3/b16-12+. The van der Waals surface area contributed by atoms with Crippen LogP contribution < -0.4 is 0 Å². The molecule has 2 atom stereocenters. The normalized spacial score (nSPS) is 16.6. The van der Waals surface area contributed by atoms with Crippen molar-refractivity contribution in [3.05, 3.63) is 0 Å². The van der Waals surface area contributed by atoms with Gasteiger partial charge in [-0.25, -0.2) is 0 Å². The van der Waals surface area contributed by atoms with E-state index in [-0.39, 0.29) is 12.2 Å². The van der Waals surface area contributed by atoms with Crippen LogP contribution >= 0.6 is 0 Å². The molecule has 138 valence electrons. The number of oxime groups is 1. The molecule has 0 aromatic rings. The first kappa shape index (κ1) is 23.0. The highest BCUT2D eigenvalue weighted by molar-refractivity contribution is 6.70. The molecule has 8 heteroatoms.